The van der Waals surface area contributed by atoms with Crippen molar-refractivity contribution in [3.8, 4) is 0 Å². The van der Waals surface area contributed by atoms with E-state index in [4.69, 9.17) is 4.84 Å². The van der Waals surface area contributed by atoms with Crippen molar-refractivity contribution in [1.29, 1.82) is 0 Å². The Kier molecular flexibility index (Phi) is 5.37. The van der Waals surface area contributed by atoms with Crippen LogP contribution >= 0.6 is 0 Å². The Morgan fingerprint density at radius 1 is 1.03 bits per heavy atom. The van der Waals surface area contributed by atoms with Gasteiger partial charge in [-0.2, -0.15) is 0 Å². The summed E-state index contributed by atoms with van der Waals surface area (Å²) in [6.45, 7) is 7.63. The summed E-state index contributed by atoms with van der Waals surface area (Å²) in [5, 5.41) is 14.8. The van der Waals surface area contributed by atoms with Crippen molar-refractivity contribution in [3.63, 3.8) is 0 Å². The molecule has 5 rings (SSSR count). The molecular weight excluding hydrogens is 382 g/mol. The van der Waals surface area contributed by atoms with Crippen LogP contribution in [0.4, 0.5) is 0 Å². The number of benzene rings is 1. The standard InChI is InChI=1S/C28H37NO2/c1-19(29-31-18-20-7-5-4-6-8-20)24-11-12-25-23-10-9-21-17-22(30)13-15-27(21,2)26(23)14-16-28(24,25)3/h4-9,11,22-23,25-26,30H,10,12-18H2,1-3H3/t22-,23-,25-,26-,27-,28+/m0/s1. The van der Waals surface area contributed by atoms with Crippen molar-refractivity contribution >= 4 is 5.71 Å². The van der Waals surface area contributed by atoms with E-state index in [9.17, 15) is 5.11 Å². The lowest BCUT2D eigenvalue weighted by Crippen LogP contribution is -2.50. The lowest BCUT2D eigenvalue weighted by molar-refractivity contribution is -0.0280. The number of aliphatic hydroxyl groups excluding tert-OH is 1. The van der Waals surface area contributed by atoms with Gasteiger partial charge in [0.25, 0.3) is 0 Å². The molecule has 166 valence electrons. The highest BCUT2D eigenvalue weighted by atomic mass is 16.6. The topological polar surface area (TPSA) is 41.8 Å². The first kappa shape index (κ1) is 21.0. The predicted molar refractivity (Wildman–Crippen MR) is 126 cm³/mol. The van der Waals surface area contributed by atoms with Crippen LogP contribution in [-0.2, 0) is 11.4 Å². The second-order valence-corrected chi connectivity index (χ2v) is 10.9. The number of aliphatic hydroxyl groups is 1. The molecule has 3 heteroatoms. The summed E-state index contributed by atoms with van der Waals surface area (Å²) >= 11 is 0. The van der Waals surface area contributed by atoms with Gasteiger partial charge in [0, 0.05) is 0 Å². The average Bonchev–Trinajstić information content (AvgIpc) is 3.12. The van der Waals surface area contributed by atoms with E-state index in [2.05, 4.69) is 50.2 Å². The van der Waals surface area contributed by atoms with Crippen LogP contribution in [0.2, 0.25) is 0 Å². The van der Waals surface area contributed by atoms with Crippen molar-refractivity contribution in [2.24, 2.45) is 33.7 Å². The third-order valence-electron chi connectivity index (χ3n) is 9.32. The lowest BCUT2D eigenvalue weighted by Gasteiger charge is -2.57. The first-order valence-electron chi connectivity index (χ1n) is 12.2. The number of hydrogen-bond donors (Lipinski definition) is 1. The van der Waals surface area contributed by atoms with Crippen LogP contribution in [0, 0.1) is 28.6 Å². The average molecular weight is 420 g/mol. The van der Waals surface area contributed by atoms with Crippen molar-refractivity contribution in [2.45, 2.75) is 78.4 Å². The number of oxime groups is 1. The van der Waals surface area contributed by atoms with Crippen LogP contribution in [0.3, 0.4) is 0 Å². The van der Waals surface area contributed by atoms with Gasteiger partial charge in [-0.15, -0.1) is 0 Å². The molecule has 3 nitrogen and oxygen atoms in total. The first-order chi connectivity index (χ1) is 14.9. The van der Waals surface area contributed by atoms with E-state index in [-0.39, 0.29) is 11.5 Å². The molecule has 0 bridgehead atoms. The minimum atomic E-state index is -0.126. The van der Waals surface area contributed by atoms with Crippen LogP contribution < -0.4 is 0 Å². The van der Waals surface area contributed by atoms with Gasteiger partial charge in [-0.25, -0.2) is 0 Å². The summed E-state index contributed by atoms with van der Waals surface area (Å²) in [5.41, 5.74) is 5.69. The molecule has 0 spiro atoms. The highest BCUT2D eigenvalue weighted by molar-refractivity contribution is 5.99. The zero-order valence-electron chi connectivity index (χ0n) is 19.3. The van der Waals surface area contributed by atoms with E-state index < -0.39 is 0 Å². The van der Waals surface area contributed by atoms with Crippen LogP contribution in [-0.4, -0.2) is 16.9 Å². The molecule has 0 saturated heterocycles. The van der Waals surface area contributed by atoms with Gasteiger partial charge in [0.2, 0.25) is 0 Å². The molecule has 1 aromatic rings. The smallest absolute Gasteiger partial charge is 0.142 e. The summed E-state index contributed by atoms with van der Waals surface area (Å²) in [7, 11) is 0. The highest BCUT2D eigenvalue weighted by Gasteiger charge is 2.56. The Labute approximate surface area is 187 Å². The zero-order valence-corrected chi connectivity index (χ0v) is 19.3. The molecule has 4 aliphatic rings. The summed E-state index contributed by atoms with van der Waals surface area (Å²) < 4.78 is 0. The molecule has 2 saturated carbocycles. The molecule has 0 amide bonds. The molecule has 0 radical (unpaired) electrons. The van der Waals surface area contributed by atoms with Gasteiger partial charge in [0.15, 0.2) is 0 Å². The molecule has 1 aromatic carbocycles. The Bertz CT molecular complexity index is 916. The van der Waals surface area contributed by atoms with Gasteiger partial charge in [-0.3, -0.25) is 0 Å². The molecule has 0 heterocycles. The molecule has 0 unspecified atom stereocenters. The van der Waals surface area contributed by atoms with Crippen LogP contribution in [0.5, 0.6) is 0 Å². The maximum Gasteiger partial charge on any atom is 0.142 e. The van der Waals surface area contributed by atoms with Crippen LogP contribution in [0.25, 0.3) is 0 Å². The Morgan fingerprint density at radius 2 is 1.81 bits per heavy atom. The second-order valence-electron chi connectivity index (χ2n) is 10.9. The quantitative estimate of drug-likeness (QED) is 0.347. The van der Waals surface area contributed by atoms with Crippen molar-refractivity contribution in [2.75, 3.05) is 0 Å². The Hall–Kier alpha value is -1.87. The van der Waals surface area contributed by atoms with Gasteiger partial charge >= 0.3 is 0 Å². The van der Waals surface area contributed by atoms with Gasteiger partial charge < -0.3 is 9.94 Å². The van der Waals surface area contributed by atoms with E-state index in [1.807, 2.05) is 18.2 Å². The number of allylic oxidation sites excluding steroid dienone is 3. The fourth-order valence-corrected chi connectivity index (χ4v) is 7.60. The normalized spacial score (nSPS) is 39.7. The molecule has 6 atom stereocenters. The maximum absolute atomic E-state index is 10.2. The molecule has 1 N–H and O–H groups in total. The van der Waals surface area contributed by atoms with Crippen molar-refractivity contribution in [1.82, 2.24) is 0 Å². The second kappa shape index (κ2) is 7.92. The third-order valence-corrected chi connectivity index (χ3v) is 9.32. The summed E-state index contributed by atoms with van der Waals surface area (Å²) in [4.78, 5) is 5.74. The van der Waals surface area contributed by atoms with Gasteiger partial charge in [0.1, 0.15) is 6.61 Å². The monoisotopic (exact) mass is 419 g/mol. The third kappa shape index (κ3) is 3.50. The molecule has 0 aromatic heterocycles. The van der Waals surface area contributed by atoms with E-state index in [1.165, 1.54) is 31.3 Å². The van der Waals surface area contributed by atoms with E-state index >= 15 is 0 Å². The molecule has 4 aliphatic carbocycles. The first-order valence-corrected chi connectivity index (χ1v) is 12.2. The number of fused-ring (bicyclic) bond motifs is 5. The van der Waals surface area contributed by atoms with Gasteiger partial charge in [-0.05, 0) is 91.6 Å². The number of hydrogen-bond acceptors (Lipinski definition) is 3. The summed E-state index contributed by atoms with van der Waals surface area (Å²) in [6, 6.07) is 10.3. The minimum Gasteiger partial charge on any atom is -0.393 e. The Morgan fingerprint density at radius 3 is 2.61 bits per heavy atom. The minimum absolute atomic E-state index is 0.126. The van der Waals surface area contributed by atoms with E-state index in [1.54, 1.807) is 5.57 Å². The molecule has 31 heavy (non-hydrogen) atoms. The molecule has 0 aliphatic heterocycles. The maximum atomic E-state index is 10.2. The number of rotatable bonds is 4. The largest absolute Gasteiger partial charge is 0.393 e. The van der Waals surface area contributed by atoms with Crippen molar-refractivity contribution in [3.05, 3.63) is 59.2 Å². The number of nitrogens with zero attached hydrogens (tertiary/aromatic N) is 1. The zero-order chi connectivity index (χ0) is 21.6. The van der Waals surface area contributed by atoms with E-state index in [0.717, 1.165) is 42.4 Å². The van der Waals surface area contributed by atoms with Gasteiger partial charge in [-0.1, -0.05) is 67.1 Å². The van der Waals surface area contributed by atoms with Crippen LogP contribution in [0.15, 0.2) is 58.8 Å². The SMILES string of the molecule is CC(=NOCc1ccccc1)C1=CC[C@H]2[C@@H]3CC=C4C[C@@H](O)CC[C@]4(C)[C@H]3CC[C@]12C. The highest BCUT2D eigenvalue weighted by Crippen LogP contribution is 2.65. The summed E-state index contributed by atoms with van der Waals surface area (Å²) in [6.07, 6.45) is 12.7. The van der Waals surface area contributed by atoms with Crippen molar-refractivity contribution < 1.29 is 9.94 Å². The lowest BCUT2D eigenvalue weighted by atomic mass is 9.47. The molecular formula is C28H37NO2. The molecule has 2 fully saturated rings. The fourth-order valence-electron chi connectivity index (χ4n) is 7.60. The van der Waals surface area contributed by atoms with E-state index in [0.29, 0.717) is 17.9 Å². The Balaban J connectivity index is 1.32. The van der Waals surface area contributed by atoms with Crippen LogP contribution in [0.1, 0.15) is 71.3 Å². The van der Waals surface area contributed by atoms with Gasteiger partial charge in [0.05, 0.1) is 11.8 Å². The fraction of sp³-hybridized carbons (Fsp3) is 0.607. The summed E-state index contributed by atoms with van der Waals surface area (Å²) in [5.74, 6) is 2.20. The predicted octanol–water partition coefficient (Wildman–Crippen LogP) is 6.44.